The zero-order valence-electron chi connectivity index (χ0n) is 20.1. The topological polar surface area (TPSA) is 20.2 Å². The molecule has 3 rings (SSSR count). The number of rotatable bonds is 13. The van der Waals surface area contributed by atoms with Crippen LogP contribution in [0.25, 0.3) is 22.3 Å². The first-order valence-electron chi connectivity index (χ1n) is 12.7. The van der Waals surface area contributed by atoms with Crippen molar-refractivity contribution in [1.29, 1.82) is 0 Å². The number of benzene rings is 3. The molecule has 1 N–H and O–H groups in total. The lowest BCUT2D eigenvalue weighted by Crippen LogP contribution is -1.92. The first kappa shape index (κ1) is 24.3. The van der Waals surface area contributed by atoms with Crippen molar-refractivity contribution in [3.63, 3.8) is 0 Å². The first-order valence-corrected chi connectivity index (χ1v) is 12.7. The highest BCUT2D eigenvalue weighted by Crippen LogP contribution is 2.30. The number of aliphatic hydroxyl groups excluding tert-OH is 1. The van der Waals surface area contributed by atoms with Crippen LogP contribution in [0.15, 0.2) is 66.7 Å². The molecule has 0 aliphatic rings. The summed E-state index contributed by atoms with van der Waals surface area (Å²) < 4.78 is 0. The molecule has 0 unspecified atom stereocenters. The maximum atomic E-state index is 8.93. The van der Waals surface area contributed by atoms with Crippen LogP contribution in [0, 0.1) is 0 Å². The van der Waals surface area contributed by atoms with Crippen LogP contribution in [0.5, 0.6) is 0 Å². The fourth-order valence-corrected chi connectivity index (χ4v) is 4.44. The number of hydrogen-bond acceptors (Lipinski definition) is 1. The van der Waals surface area contributed by atoms with E-state index in [1.807, 2.05) is 0 Å². The van der Waals surface area contributed by atoms with Crippen LogP contribution in [-0.2, 0) is 19.3 Å². The van der Waals surface area contributed by atoms with E-state index in [0.717, 1.165) is 32.1 Å². The lowest BCUT2D eigenvalue weighted by atomic mass is 9.92. The average Bonchev–Trinajstić information content (AvgIpc) is 2.85. The van der Waals surface area contributed by atoms with E-state index in [9.17, 15) is 0 Å². The van der Waals surface area contributed by atoms with E-state index in [1.165, 1.54) is 71.0 Å². The minimum Gasteiger partial charge on any atom is -0.396 e. The fraction of sp³-hybridized carbons (Fsp3) is 0.419. The summed E-state index contributed by atoms with van der Waals surface area (Å²) in [5, 5.41) is 8.93. The third-order valence-corrected chi connectivity index (χ3v) is 6.48. The van der Waals surface area contributed by atoms with E-state index in [1.54, 1.807) is 0 Å². The number of aliphatic hydroxyl groups is 1. The standard InChI is InChI=1S/C31H40O/c1-3-5-6-8-11-25-13-17-28(18-14-25)30-21-22-31(27(4-2)24-30)29-19-15-26(16-20-29)12-9-7-10-23-32/h13-22,24,32H,3-12,23H2,1-2H3. The van der Waals surface area contributed by atoms with Gasteiger partial charge >= 0.3 is 0 Å². The second-order valence-electron chi connectivity index (χ2n) is 8.96. The van der Waals surface area contributed by atoms with Gasteiger partial charge in [-0.15, -0.1) is 0 Å². The van der Waals surface area contributed by atoms with E-state index in [4.69, 9.17) is 5.11 Å². The molecule has 0 aliphatic carbocycles. The van der Waals surface area contributed by atoms with Gasteiger partial charge in [-0.3, -0.25) is 0 Å². The van der Waals surface area contributed by atoms with Crippen LogP contribution >= 0.6 is 0 Å². The molecule has 0 aromatic heterocycles. The third kappa shape index (κ3) is 7.07. The van der Waals surface area contributed by atoms with Crippen molar-refractivity contribution >= 4 is 0 Å². The first-order chi connectivity index (χ1) is 15.7. The summed E-state index contributed by atoms with van der Waals surface area (Å²) in [5.74, 6) is 0. The van der Waals surface area contributed by atoms with Gasteiger partial charge < -0.3 is 5.11 Å². The molecule has 0 fully saturated rings. The van der Waals surface area contributed by atoms with Crippen molar-refractivity contribution in [2.75, 3.05) is 6.61 Å². The molecule has 1 heteroatoms. The molecular formula is C31H40O. The summed E-state index contributed by atoms with van der Waals surface area (Å²) in [6, 6.07) is 25.2. The largest absolute Gasteiger partial charge is 0.396 e. The molecule has 3 aromatic rings. The molecule has 0 spiro atoms. The van der Waals surface area contributed by atoms with Gasteiger partial charge in [0.15, 0.2) is 0 Å². The summed E-state index contributed by atoms with van der Waals surface area (Å²) in [7, 11) is 0. The van der Waals surface area contributed by atoms with Crippen LogP contribution in [-0.4, -0.2) is 11.7 Å². The summed E-state index contributed by atoms with van der Waals surface area (Å²) in [5.41, 5.74) is 9.50. The molecule has 170 valence electrons. The van der Waals surface area contributed by atoms with Crippen molar-refractivity contribution in [3.8, 4) is 22.3 Å². The second kappa shape index (κ2) is 13.2. The van der Waals surface area contributed by atoms with Crippen molar-refractivity contribution in [2.45, 2.75) is 78.1 Å². The maximum Gasteiger partial charge on any atom is 0.0431 e. The second-order valence-corrected chi connectivity index (χ2v) is 8.96. The Bertz CT molecular complexity index is 922. The molecule has 0 bridgehead atoms. The molecule has 0 heterocycles. The number of unbranched alkanes of at least 4 members (excludes halogenated alkanes) is 5. The van der Waals surface area contributed by atoms with Crippen molar-refractivity contribution in [1.82, 2.24) is 0 Å². The Labute approximate surface area is 195 Å². The normalized spacial score (nSPS) is 11.1. The van der Waals surface area contributed by atoms with E-state index in [-0.39, 0.29) is 0 Å². The molecule has 0 saturated heterocycles. The molecular weight excluding hydrogens is 388 g/mol. The van der Waals surface area contributed by atoms with Crippen LogP contribution in [0.3, 0.4) is 0 Å². The smallest absolute Gasteiger partial charge is 0.0431 e. The highest BCUT2D eigenvalue weighted by molar-refractivity contribution is 5.74. The predicted molar refractivity (Wildman–Crippen MR) is 139 cm³/mol. The highest BCUT2D eigenvalue weighted by Gasteiger charge is 2.07. The van der Waals surface area contributed by atoms with E-state index < -0.39 is 0 Å². The van der Waals surface area contributed by atoms with Crippen molar-refractivity contribution in [2.24, 2.45) is 0 Å². The SMILES string of the molecule is CCCCCCc1ccc(-c2ccc(-c3ccc(CCCCCO)cc3)c(CC)c2)cc1. The molecule has 3 aromatic carbocycles. The van der Waals surface area contributed by atoms with Crippen LogP contribution in [0.4, 0.5) is 0 Å². The Morgan fingerprint density at radius 3 is 1.69 bits per heavy atom. The van der Waals surface area contributed by atoms with Gasteiger partial charge in [0.25, 0.3) is 0 Å². The summed E-state index contributed by atoms with van der Waals surface area (Å²) in [6.45, 7) is 4.82. The zero-order valence-corrected chi connectivity index (χ0v) is 20.1. The highest BCUT2D eigenvalue weighted by atomic mass is 16.2. The zero-order chi connectivity index (χ0) is 22.6. The Morgan fingerprint density at radius 1 is 0.562 bits per heavy atom. The van der Waals surface area contributed by atoms with Gasteiger partial charge in [-0.25, -0.2) is 0 Å². The Balaban J connectivity index is 1.68. The Morgan fingerprint density at radius 2 is 1.12 bits per heavy atom. The molecule has 1 nitrogen and oxygen atoms in total. The van der Waals surface area contributed by atoms with Gasteiger partial charge in [-0.05, 0) is 77.5 Å². The minimum atomic E-state index is 0.303. The van der Waals surface area contributed by atoms with Gasteiger partial charge in [0.2, 0.25) is 0 Å². The number of aryl methyl sites for hydroxylation is 3. The Hall–Kier alpha value is -2.38. The monoisotopic (exact) mass is 428 g/mol. The van der Waals surface area contributed by atoms with Crippen molar-refractivity contribution < 1.29 is 5.11 Å². The number of hydrogen-bond donors (Lipinski definition) is 1. The van der Waals surface area contributed by atoms with Crippen molar-refractivity contribution in [3.05, 3.63) is 83.4 Å². The summed E-state index contributed by atoms with van der Waals surface area (Å²) >= 11 is 0. The van der Waals surface area contributed by atoms with Gasteiger partial charge in [-0.2, -0.15) is 0 Å². The van der Waals surface area contributed by atoms with E-state index in [0.29, 0.717) is 6.61 Å². The van der Waals surface area contributed by atoms with E-state index >= 15 is 0 Å². The molecule has 0 atom stereocenters. The Kier molecular flexibility index (Phi) is 10.0. The van der Waals surface area contributed by atoms with Crippen LogP contribution < -0.4 is 0 Å². The van der Waals surface area contributed by atoms with Gasteiger partial charge in [0, 0.05) is 6.61 Å². The predicted octanol–water partition coefficient (Wildman–Crippen LogP) is 8.41. The molecule has 0 radical (unpaired) electrons. The third-order valence-electron chi connectivity index (χ3n) is 6.48. The quantitative estimate of drug-likeness (QED) is 0.271. The minimum absolute atomic E-state index is 0.303. The van der Waals surface area contributed by atoms with Gasteiger partial charge in [0.05, 0.1) is 0 Å². The van der Waals surface area contributed by atoms with Gasteiger partial charge in [0.1, 0.15) is 0 Å². The maximum absolute atomic E-state index is 8.93. The lowest BCUT2D eigenvalue weighted by molar-refractivity contribution is 0.283. The molecule has 32 heavy (non-hydrogen) atoms. The van der Waals surface area contributed by atoms with E-state index in [2.05, 4.69) is 80.6 Å². The lowest BCUT2D eigenvalue weighted by Gasteiger charge is -2.12. The van der Waals surface area contributed by atoms with Crippen LogP contribution in [0.2, 0.25) is 0 Å². The van der Waals surface area contributed by atoms with Crippen LogP contribution in [0.1, 0.15) is 75.5 Å². The fourth-order valence-electron chi connectivity index (χ4n) is 4.44. The molecule has 0 amide bonds. The molecule has 0 aliphatic heterocycles. The van der Waals surface area contributed by atoms with Gasteiger partial charge in [-0.1, -0.05) is 106 Å². The average molecular weight is 429 g/mol. The molecule has 0 saturated carbocycles. The summed E-state index contributed by atoms with van der Waals surface area (Å²) in [4.78, 5) is 0. The summed E-state index contributed by atoms with van der Waals surface area (Å²) in [6.07, 6.45) is 11.7.